The second kappa shape index (κ2) is 6.68. The van der Waals surface area contributed by atoms with Gasteiger partial charge in [-0.3, -0.25) is 0 Å². The molecule has 1 aromatic rings. The van der Waals surface area contributed by atoms with Gasteiger partial charge in [-0.2, -0.15) is 0 Å². The Hall–Kier alpha value is -0.980. The molecule has 1 rings (SSSR count). The molecular formula is C12H18O5. The van der Waals surface area contributed by atoms with Gasteiger partial charge in [0.15, 0.2) is 0 Å². The van der Waals surface area contributed by atoms with Gasteiger partial charge in [0.05, 0.1) is 12.7 Å². The molecule has 0 amide bonds. The van der Waals surface area contributed by atoms with Gasteiger partial charge in [0.2, 0.25) is 0 Å². The highest BCUT2D eigenvalue weighted by molar-refractivity contribution is 5.15. The zero-order chi connectivity index (χ0) is 12.8. The second-order valence-electron chi connectivity index (χ2n) is 3.99. The summed E-state index contributed by atoms with van der Waals surface area (Å²) in [6.45, 7) is -0.670. The van der Waals surface area contributed by atoms with E-state index in [4.69, 9.17) is 10.2 Å². The standard InChI is InChI=1S/C12H18O5/c13-7-10(15)12(17)11(16)9(14)6-8-4-2-1-3-5-8/h1-5,9-17H,6-7H2/t9?,10-,11+,12-/m1/s1. The Bertz CT molecular complexity index is 316. The van der Waals surface area contributed by atoms with Gasteiger partial charge in [-0.1, -0.05) is 30.3 Å². The van der Waals surface area contributed by atoms with Gasteiger partial charge >= 0.3 is 0 Å². The van der Waals surface area contributed by atoms with Crippen LogP contribution >= 0.6 is 0 Å². The van der Waals surface area contributed by atoms with Crippen LogP contribution in [0.2, 0.25) is 0 Å². The first-order chi connectivity index (χ1) is 8.06. The second-order valence-corrected chi connectivity index (χ2v) is 3.99. The van der Waals surface area contributed by atoms with Crippen LogP contribution in [0.3, 0.4) is 0 Å². The number of aliphatic hydroxyl groups is 5. The molecule has 0 saturated heterocycles. The van der Waals surface area contributed by atoms with Crippen LogP contribution in [-0.2, 0) is 6.42 Å². The molecule has 1 unspecified atom stereocenters. The third-order valence-corrected chi connectivity index (χ3v) is 2.61. The number of hydrogen-bond donors (Lipinski definition) is 5. The van der Waals surface area contributed by atoms with Crippen molar-refractivity contribution in [3.63, 3.8) is 0 Å². The predicted octanol–water partition coefficient (Wildman–Crippen LogP) is -1.33. The van der Waals surface area contributed by atoms with Crippen LogP contribution in [0.5, 0.6) is 0 Å². The third-order valence-electron chi connectivity index (χ3n) is 2.61. The minimum Gasteiger partial charge on any atom is -0.394 e. The van der Waals surface area contributed by atoms with Crippen LogP contribution in [0, 0.1) is 0 Å². The molecular weight excluding hydrogens is 224 g/mol. The molecule has 0 aliphatic rings. The van der Waals surface area contributed by atoms with Gasteiger partial charge in [-0.05, 0) is 5.56 Å². The molecule has 5 nitrogen and oxygen atoms in total. The molecule has 0 heterocycles. The van der Waals surface area contributed by atoms with E-state index < -0.39 is 31.0 Å². The highest BCUT2D eigenvalue weighted by atomic mass is 16.4. The highest BCUT2D eigenvalue weighted by Crippen LogP contribution is 2.10. The van der Waals surface area contributed by atoms with E-state index in [9.17, 15) is 15.3 Å². The van der Waals surface area contributed by atoms with E-state index in [1.807, 2.05) is 6.07 Å². The fraction of sp³-hybridized carbons (Fsp3) is 0.500. The minimum absolute atomic E-state index is 0.164. The summed E-state index contributed by atoms with van der Waals surface area (Å²) in [7, 11) is 0. The highest BCUT2D eigenvalue weighted by Gasteiger charge is 2.29. The van der Waals surface area contributed by atoms with Crippen molar-refractivity contribution in [3.8, 4) is 0 Å². The van der Waals surface area contributed by atoms with Crippen LogP contribution in [0.1, 0.15) is 5.56 Å². The Morgan fingerprint density at radius 3 is 1.88 bits per heavy atom. The smallest absolute Gasteiger partial charge is 0.110 e. The Morgan fingerprint density at radius 1 is 0.824 bits per heavy atom. The molecule has 0 aromatic heterocycles. The average molecular weight is 242 g/mol. The normalized spacial score (nSPS) is 18.4. The topological polar surface area (TPSA) is 101 Å². The summed E-state index contributed by atoms with van der Waals surface area (Å²) in [5.74, 6) is 0. The molecule has 0 spiro atoms. The summed E-state index contributed by atoms with van der Waals surface area (Å²) >= 11 is 0. The van der Waals surface area contributed by atoms with Crippen molar-refractivity contribution in [2.24, 2.45) is 0 Å². The Balaban J connectivity index is 2.55. The maximum absolute atomic E-state index is 9.68. The average Bonchev–Trinajstić information content (AvgIpc) is 2.37. The lowest BCUT2D eigenvalue weighted by Crippen LogP contribution is -2.46. The quantitative estimate of drug-likeness (QED) is 0.425. The molecule has 0 saturated carbocycles. The van der Waals surface area contributed by atoms with Crippen molar-refractivity contribution >= 4 is 0 Å². The van der Waals surface area contributed by atoms with E-state index in [0.717, 1.165) is 5.56 Å². The van der Waals surface area contributed by atoms with Crippen molar-refractivity contribution < 1.29 is 25.5 Å². The largest absolute Gasteiger partial charge is 0.394 e. The SMILES string of the molecule is OC[C@@H](O)[C@@H](O)[C@@H](O)C(O)Cc1ccccc1. The lowest BCUT2D eigenvalue weighted by molar-refractivity contribution is -0.114. The van der Waals surface area contributed by atoms with Gasteiger partial charge in [-0.25, -0.2) is 0 Å². The molecule has 5 N–H and O–H groups in total. The van der Waals surface area contributed by atoms with E-state index in [-0.39, 0.29) is 6.42 Å². The summed E-state index contributed by atoms with van der Waals surface area (Å²) in [5, 5.41) is 46.4. The molecule has 5 heteroatoms. The van der Waals surface area contributed by atoms with Gasteiger partial charge in [0.25, 0.3) is 0 Å². The van der Waals surface area contributed by atoms with Gasteiger partial charge in [-0.15, -0.1) is 0 Å². The lowest BCUT2D eigenvalue weighted by atomic mass is 9.98. The summed E-state index contributed by atoms with van der Waals surface area (Å²) in [4.78, 5) is 0. The molecule has 0 aliphatic carbocycles. The van der Waals surface area contributed by atoms with Crippen LogP contribution in [0.15, 0.2) is 30.3 Å². The zero-order valence-electron chi connectivity index (χ0n) is 9.35. The Kier molecular flexibility index (Phi) is 5.54. The van der Waals surface area contributed by atoms with Crippen LogP contribution in [0.25, 0.3) is 0 Å². The molecule has 0 bridgehead atoms. The number of rotatable bonds is 6. The van der Waals surface area contributed by atoms with E-state index in [1.165, 1.54) is 0 Å². The van der Waals surface area contributed by atoms with Crippen LogP contribution < -0.4 is 0 Å². The van der Waals surface area contributed by atoms with Crippen molar-refractivity contribution in [3.05, 3.63) is 35.9 Å². The molecule has 4 atom stereocenters. The molecule has 0 aliphatic heterocycles. The van der Waals surface area contributed by atoms with Gasteiger partial charge in [0, 0.05) is 6.42 Å². The van der Waals surface area contributed by atoms with Crippen LogP contribution in [-0.4, -0.2) is 56.6 Å². The predicted molar refractivity (Wildman–Crippen MR) is 61.3 cm³/mol. The summed E-state index contributed by atoms with van der Waals surface area (Å²) in [5.41, 5.74) is 0.810. The molecule has 1 aromatic carbocycles. The minimum atomic E-state index is -1.57. The van der Waals surface area contributed by atoms with Crippen molar-refractivity contribution in [1.82, 2.24) is 0 Å². The van der Waals surface area contributed by atoms with Crippen LogP contribution in [0.4, 0.5) is 0 Å². The van der Waals surface area contributed by atoms with Crippen molar-refractivity contribution in [2.45, 2.75) is 30.8 Å². The first-order valence-electron chi connectivity index (χ1n) is 5.43. The number of hydrogen-bond acceptors (Lipinski definition) is 5. The van der Waals surface area contributed by atoms with Gasteiger partial charge in [0.1, 0.15) is 18.3 Å². The van der Waals surface area contributed by atoms with Crippen molar-refractivity contribution in [2.75, 3.05) is 6.61 Å². The lowest BCUT2D eigenvalue weighted by Gasteiger charge is -2.25. The molecule has 96 valence electrons. The van der Waals surface area contributed by atoms with E-state index in [2.05, 4.69) is 0 Å². The fourth-order valence-electron chi connectivity index (χ4n) is 1.54. The number of aliphatic hydroxyl groups excluding tert-OH is 5. The molecule has 0 fully saturated rings. The third kappa shape index (κ3) is 4.07. The molecule has 0 radical (unpaired) electrons. The first kappa shape index (κ1) is 14.1. The monoisotopic (exact) mass is 242 g/mol. The first-order valence-corrected chi connectivity index (χ1v) is 5.43. The summed E-state index contributed by atoms with van der Waals surface area (Å²) in [6.07, 6.45) is -5.57. The van der Waals surface area contributed by atoms with Gasteiger partial charge < -0.3 is 25.5 Å². The zero-order valence-corrected chi connectivity index (χ0v) is 9.35. The maximum atomic E-state index is 9.68. The maximum Gasteiger partial charge on any atom is 0.110 e. The molecule has 17 heavy (non-hydrogen) atoms. The summed E-state index contributed by atoms with van der Waals surface area (Å²) < 4.78 is 0. The number of benzene rings is 1. The van der Waals surface area contributed by atoms with E-state index in [1.54, 1.807) is 24.3 Å². The Morgan fingerprint density at radius 2 is 1.35 bits per heavy atom. The summed E-state index contributed by atoms with van der Waals surface area (Å²) in [6, 6.07) is 8.99. The Labute approximate surface area is 99.6 Å². The van der Waals surface area contributed by atoms with Crippen molar-refractivity contribution in [1.29, 1.82) is 0 Å². The van der Waals surface area contributed by atoms with E-state index >= 15 is 0 Å². The van der Waals surface area contributed by atoms with E-state index in [0.29, 0.717) is 0 Å². The fourth-order valence-corrected chi connectivity index (χ4v) is 1.54.